The minimum Gasteiger partial charge on any atom is -0.464 e. The fourth-order valence-corrected chi connectivity index (χ4v) is 2.50. The standard InChI is InChI=1S/C22H33NO5/c1-3-5-6-7-11-15-27-21(24)20(12-4-2)23-22(25)28-17-16-26-18-19-13-9-8-10-14-19/h4,8-10,13-14,20H,2-3,5-7,11-12,15-18H2,1H3,(H,23,25). The third-order valence-electron chi connectivity index (χ3n) is 4.04. The van der Waals surface area contributed by atoms with Gasteiger partial charge in [-0.15, -0.1) is 6.58 Å². The second-order valence-electron chi connectivity index (χ2n) is 6.48. The number of unbranched alkanes of at least 4 members (excludes halogenated alkanes) is 4. The van der Waals surface area contributed by atoms with Crippen LogP contribution in [-0.4, -0.2) is 37.9 Å². The van der Waals surface area contributed by atoms with Gasteiger partial charge in [-0.2, -0.15) is 0 Å². The van der Waals surface area contributed by atoms with E-state index in [0.717, 1.165) is 24.8 Å². The largest absolute Gasteiger partial charge is 0.464 e. The van der Waals surface area contributed by atoms with E-state index in [9.17, 15) is 9.59 Å². The molecule has 0 aliphatic carbocycles. The lowest BCUT2D eigenvalue weighted by Crippen LogP contribution is -2.42. The topological polar surface area (TPSA) is 73.9 Å². The van der Waals surface area contributed by atoms with Gasteiger partial charge in [-0.1, -0.05) is 69.0 Å². The third-order valence-corrected chi connectivity index (χ3v) is 4.04. The van der Waals surface area contributed by atoms with Crippen molar-refractivity contribution in [3.05, 3.63) is 48.6 Å². The Morgan fingerprint density at radius 3 is 2.50 bits per heavy atom. The van der Waals surface area contributed by atoms with Crippen LogP contribution in [0, 0.1) is 0 Å². The van der Waals surface area contributed by atoms with Crippen LogP contribution in [0.3, 0.4) is 0 Å². The molecule has 1 N–H and O–H groups in total. The molecule has 1 amide bonds. The maximum Gasteiger partial charge on any atom is 0.407 e. The molecule has 6 nitrogen and oxygen atoms in total. The maximum atomic E-state index is 12.1. The Kier molecular flexibility index (Phi) is 13.3. The van der Waals surface area contributed by atoms with E-state index in [-0.39, 0.29) is 19.6 Å². The first kappa shape index (κ1) is 23.7. The first-order valence-corrected chi connectivity index (χ1v) is 9.99. The summed E-state index contributed by atoms with van der Waals surface area (Å²) in [7, 11) is 0. The monoisotopic (exact) mass is 391 g/mol. The first-order chi connectivity index (χ1) is 13.7. The van der Waals surface area contributed by atoms with Crippen molar-refractivity contribution in [2.24, 2.45) is 0 Å². The second kappa shape index (κ2) is 15.7. The Bertz CT molecular complexity index is 561. The van der Waals surface area contributed by atoms with Crippen LogP contribution < -0.4 is 5.32 Å². The molecule has 28 heavy (non-hydrogen) atoms. The second-order valence-corrected chi connectivity index (χ2v) is 6.48. The number of hydrogen-bond donors (Lipinski definition) is 1. The summed E-state index contributed by atoms with van der Waals surface area (Å²) in [4.78, 5) is 24.0. The van der Waals surface area contributed by atoms with Crippen LogP contribution in [-0.2, 0) is 25.6 Å². The molecule has 0 heterocycles. The highest BCUT2D eigenvalue weighted by Gasteiger charge is 2.21. The van der Waals surface area contributed by atoms with Crippen molar-refractivity contribution < 1.29 is 23.8 Å². The summed E-state index contributed by atoms with van der Waals surface area (Å²) in [6, 6.07) is 8.95. The lowest BCUT2D eigenvalue weighted by molar-refractivity contribution is -0.146. The molecule has 0 spiro atoms. The van der Waals surface area contributed by atoms with Gasteiger partial charge in [0, 0.05) is 0 Å². The quantitative estimate of drug-likeness (QED) is 0.273. The van der Waals surface area contributed by atoms with E-state index in [1.54, 1.807) is 6.08 Å². The molecule has 1 rings (SSSR count). The van der Waals surface area contributed by atoms with Gasteiger partial charge in [-0.05, 0) is 18.4 Å². The highest BCUT2D eigenvalue weighted by atomic mass is 16.6. The average molecular weight is 392 g/mol. The van der Waals surface area contributed by atoms with Crippen LogP contribution >= 0.6 is 0 Å². The number of ether oxygens (including phenoxy) is 3. The van der Waals surface area contributed by atoms with Gasteiger partial charge in [0.25, 0.3) is 0 Å². The van der Waals surface area contributed by atoms with Crippen molar-refractivity contribution in [1.82, 2.24) is 5.32 Å². The van der Waals surface area contributed by atoms with E-state index in [1.807, 2.05) is 30.3 Å². The number of esters is 1. The predicted octanol–water partition coefficient (Wildman–Crippen LogP) is 4.39. The molecule has 1 atom stereocenters. The van der Waals surface area contributed by atoms with Crippen molar-refractivity contribution in [2.75, 3.05) is 19.8 Å². The molecular weight excluding hydrogens is 358 g/mol. The summed E-state index contributed by atoms with van der Waals surface area (Å²) < 4.78 is 15.8. The Hall–Kier alpha value is -2.34. The molecular formula is C22H33NO5. The zero-order valence-electron chi connectivity index (χ0n) is 16.9. The summed E-state index contributed by atoms with van der Waals surface area (Å²) in [5.41, 5.74) is 1.05. The van der Waals surface area contributed by atoms with Crippen molar-refractivity contribution in [2.45, 2.75) is 58.1 Å². The van der Waals surface area contributed by atoms with E-state index < -0.39 is 18.1 Å². The summed E-state index contributed by atoms with van der Waals surface area (Å²) in [5.74, 6) is -0.465. The van der Waals surface area contributed by atoms with E-state index in [4.69, 9.17) is 14.2 Å². The van der Waals surface area contributed by atoms with Crippen LogP contribution in [0.4, 0.5) is 4.79 Å². The molecule has 0 fully saturated rings. The van der Waals surface area contributed by atoms with Crippen molar-refractivity contribution in [1.29, 1.82) is 0 Å². The van der Waals surface area contributed by atoms with Crippen LogP contribution in [0.25, 0.3) is 0 Å². The molecule has 0 aromatic heterocycles. The molecule has 0 aliphatic rings. The fraction of sp³-hybridized carbons (Fsp3) is 0.545. The zero-order valence-corrected chi connectivity index (χ0v) is 16.9. The Morgan fingerprint density at radius 1 is 1.04 bits per heavy atom. The van der Waals surface area contributed by atoms with Gasteiger partial charge in [0.1, 0.15) is 12.6 Å². The Labute approximate surface area is 168 Å². The number of carbonyl (C=O) groups is 2. The van der Waals surface area contributed by atoms with Gasteiger partial charge in [0.05, 0.1) is 19.8 Å². The smallest absolute Gasteiger partial charge is 0.407 e. The van der Waals surface area contributed by atoms with Gasteiger partial charge in [-0.25, -0.2) is 9.59 Å². The summed E-state index contributed by atoms with van der Waals surface area (Å²) in [5, 5.41) is 2.53. The number of amides is 1. The molecule has 6 heteroatoms. The minimum absolute atomic E-state index is 0.103. The molecule has 156 valence electrons. The van der Waals surface area contributed by atoms with Crippen LogP contribution in [0.1, 0.15) is 51.0 Å². The molecule has 1 aromatic rings. The Morgan fingerprint density at radius 2 is 1.79 bits per heavy atom. The number of rotatable bonds is 15. The maximum absolute atomic E-state index is 12.1. The minimum atomic E-state index is -0.786. The van der Waals surface area contributed by atoms with E-state index in [0.29, 0.717) is 13.2 Å². The van der Waals surface area contributed by atoms with Gasteiger partial charge in [-0.3, -0.25) is 0 Å². The Balaban J connectivity index is 2.19. The molecule has 0 aliphatic heterocycles. The molecule has 0 saturated heterocycles. The molecule has 0 bridgehead atoms. The molecule has 1 aromatic carbocycles. The first-order valence-electron chi connectivity index (χ1n) is 9.99. The highest BCUT2D eigenvalue weighted by Crippen LogP contribution is 2.04. The SMILES string of the molecule is C=CCC(NC(=O)OCCOCc1ccccc1)C(=O)OCCCCCCC. The van der Waals surface area contributed by atoms with Crippen molar-refractivity contribution >= 4 is 12.1 Å². The lowest BCUT2D eigenvalue weighted by Gasteiger charge is -2.16. The number of hydrogen-bond acceptors (Lipinski definition) is 5. The predicted molar refractivity (Wildman–Crippen MR) is 109 cm³/mol. The van der Waals surface area contributed by atoms with Crippen molar-refractivity contribution in [3.8, 4) is 0 Å². The fourth-order valence-electron chi connectivity index (χ4n) is 2.50. The summed E-state index contributed by atoms with van der Waals surface area (Å²) in [6.07, 6.45) is 6.54. The van der Waals surface area contributed by atoms with E-state index >= 15 is 0 Å². The third kappa shape index (κ3) is 11.4. The molecule has 0 radical (unpaired) electrons. The van der Waals surface area contributed by atoms with Crippen molar-refractivity contribution in [3.63, 3.8) is 0 Å². The van der Waals surface area contributed by atoms with E-state index in [2.05, 4.69) is 18.8 Å². The van der Waals surface area contributed by atoms with Gasteiger partial charge in [0.2, 0.25) is 0 Å². The number of alkyl carbamates (subject to hydrolysis) is 1. The number of nitrogens with one attached hydrogen (secondary N) is 1. The number of benzene rings is 1. The van der Waals surface area contributed by atoms with Gasteiger partial charge in [0.15, 0.2) is 0 Å². The molecule has 1 unspecified atom stereocenters. The number of carbonyl (C=O) groups excluding carboxylic acids is 2. The van der Waals surface area contributed by atoms with Gasteiger partial charge >= 0.3 is 12.1 Å². The average Bonchev–Trinajstić information content (AvgIpc) is 2.70. The van der Waals surface area contributed by atoms with E-state index in [1.165, 1.54) is 12.8 Å². The summed E-state index contributed by atoms with van der Waals surface area (Å²) >= 11 is 0. The molecule has 0 saturated carbocycles. The zero-order chi connectivity index (χ0) is 20.5. The highest BCUT2D eigenvalue weighted by molar-refractivity contribution is 5.81. The van der Waals surface area contributed by atoms with Crippen LogP contribution in [0.15, 0.2) is 43.0 Å². The normalized spacial score (nSPS) is 11.5. The van der Waals surface area contributed by atoms with Crippen LogP contribution in [0.5, 0.6) is 0 Å². The lowest BCUT2D eigenvalue weighted by atomic mass is 10.2. The summed E-state index contributed by atoms with van der Waals surface area (Å²) in [6.45, 7) is 6.96. The van der Waals surface area contributed by atoms with Gasteiger partial charge < -0.3 is 19.5 Å². The van der Waals surface area contributed by atoms with Crippen LogP contribution in [0.2, 0.25) is 0 Å².